The van der Waals surface area contributed by atoms with E-state index in [1.165, 1.54) is 12.8 Å². The van der Waals surface area contributed by atoms with E-state index in [2.05, 4.69) is 20.8 Å². The van der Waals surface area contributed by atoms with Gasteiger partial charge in [0.25, 0.3) is 0 Å². The molecule has 0 saturated carbocycles. The highest BCUT2D eigenvalue weighted by molar-refractivity contribution is 8.00. The predicted molar refractivity (Wildman–Crippen MR) is 65.2 cm³/mol. The first-order valence-electron chi connectivity index (χ1n) is 5.43. The maximum absolute atomic E-state index is 5.43. The first-order chi connectivity index (χ1) is 6.70. The zero-order valence-electron chi connectivity index (χ0n) is 9.49. The Morgan fingerprint density at radius 2 is 1.93 bits per heavy atom. The van der Waals surface area contributed by atoms with Crippen LogP contribution in [0.3, 0.4) is 0 Å². The lowest BCUT2D eigenvalue weighted by Gasteiger charge is -2.01. The van der Waals surface area contributed by atoms with Gasteiger partial charge in [-0.25, -0.2) is 0 Å². The van der Waals surface area contributed by atoms with Crippen molar-refractivity contribution in [3.8, 4) is 0 Å². The van der Waals surface area contributed by atoms with E-state index in [0.717, 1.165) is 26.1 Å². The van der Waals surface area contributed by atoms with E-state index in [4.69, 9.17) is 20.9 Å². The van der Waals surface area contributed by atoms with E-state index < -0.39 is 7.15 Å². The Morgan fingerprint density at radius 3 is 2.50 bits per heavy atom. The number of unbranched alkanes of at least 4 members (excludes halogenated alkanes) is 2. The maximum atomic E-state index is 5.43. The molecule has 0 N–H and O–H groups in total. The number of rotatable bonds is 9. The van der Waals surface area contributed by atoms with E-state index in [1.54, 1.807) is 0 Å². The summed E-state index contributed by atoms with van der Waals surface area (Å²) in [4.78, 5) is 0. The zero-order valence-corrected chi connectivity index (χ0v) is 11.2. The van der Waals surface area contributed by atoms with E-state index in [1.807, 2.05) is 0 Å². The van der Waals surface area contributed by atoms with Crippen LogP contribution in [0.15, 0.2) is 0 Å². The summed E-state index contributed by atoms with van der Waals surface area (Å²) in [6.45, 7) is 7.98. The Balaban J connectivity index is 3.28. The van der Waals surface area contributed by atoms with E-state index >= 15 is 0 Å². The van der Waals surface area contributed by atoms with Gasteiger partial charge in [-0.2, -0.15) is 0 Å². The molecule has 0 spiro atoms. The average Bonchev–Trinajstić information content (AvgIpc) is 2.21. The minimum Gasteiger partial charge on any atom is -0.142 e. The molecule has 0 amide bonds. The van der Waals surface area contributed by atoms with Crippen LogP contribution in [0.2, 0.25) is 0 Å². The minimum absolute atomic E-state index is 0.585. The first kappa shape index (κ1) is 14.4. The van der Waals surface area contributed by atoms with Crippen molar-refractivity contribution < 1.29 is 9.05 Å². The molecule has 84 valence electrons. The van der Waals surface area contributed by atoms with E-state index in [0.29, 0.717) is 5.92 Å². The fourth-order valence-electron chi connectivity index (χ4n) is 0.834. The van der Waals surface area contributed by atoms with Gasteiger partial charge in [-0.05, 0) is 12.3 Å². The van der Waals surface area contributed by atoms with Crippen molar-refractivity contribution in [1.29, 1.82) is 0 Å². The molecule has 0 fully saturated rings. The molecule has 2 atom stereocenters. The van der Waals surface area contributed by atoms with Gasteiger partial charge in [0.15, 0.2) is 0 Å². The molecule has 2 nitrogen and oxygen atoms in total. The highest BCUT2D eigenvalue weighted by atomic mass is 32.4. The molecule has 2 unspecified atom stereocenters. The molecule has 0 rings (SSSR count). The Morgan fingerprint density at radius 1 is 1.21 bits per heavy atom. The van der Waals surface area contributed by atoms with Crippen molar-refractivity contribution in [1.82, 2.24) is 0 Å². The van der Waals surface area contributed by atoms with Gasteiger partial charge < -0.3 is 0 Å². The lowest BCUT2D eigenvalue weighted by Crippen LogP contribution is -2.00. The quantitative estimate of drug-likeness (QED) is 0.445. The van der Waals surface area contributed by atoms with Crippen LogP contribution in [-0.2, 0) is 20.9 Å². The van der Waals surface area contributed by atoms with Crippen LogP contribution in [0.25, 0.3) is 0 Å². The molecule has 0 heterocycles. The lowest BCUT2D eigenvalue weighted by molar-refractivity contribution is 0.229. The molecule has 0 aliphatic carbocycles. The molecule has 0 aromatic heterocycles. The molecule has 0 radical (unpaired) electrons. The summed E-state index contributed by atoms with van der Waals surface area (Å²) < 4.78 is 10.8. The second kappa shape index (κ2) is 9.97. The topological polar surface area (TPSA) is 18.5 Å². The second-order valence-electron chi connectivity index (χ2n) is 3.57. The van der Waals surface area contributed by atoms with Crippen molar-refractivity contribution in [3.63, 3.8) is 0 Å². The molecular weight excluding hydrogens is 215 g/mol. The first-order valence-corrected chi connectivity index (χ1v) is 7.62. The Hall–Kier alpha value is 0.440. The zero-order chi connectivity index (χ0) is 10.8. The fourth-order valence-corrected chi connectivity index (χ4v) is 1.97. The summed E-state index contributed by atoms with van der Waals surface area (Å²) in [7, 11) is -1.05. The van der Waals surface area contributed by atoms with Crippen molar-refractivity contribution in [2.45, 2.75) is 46.5 Å². The third-order valence-corrected chi connectivity index (χ3v) is 3.49. The highest BCUT2D eigenvalue weighted by Crippen LogP contribution is 2.25. The van der Waals surface area contributed by atoms with Crippen LogP contribution in [0.5, 0.6) is 0 Å². The van der Waals surface area contributed by atoms with Gasteiger partial charge in [-0.1, -0.05) is 40.0 Å². The Kier molecular flexibility index (Phi) is 10.3. The van der Waals surface area contributed by atoms with Crippen LogP contribution in [-0.4, -0.2) is 13.2 Å². The second-order valence-corrected chi connectivity index (χ2v) is 5.43. The van der Waals surface area contributed by atoms with Gasteiger partial charge in [0, 0.05) is 0 Å². The van der Waals surface area contributed by atoms with Crippen LogP contribution in [0.4, 0.5) is 0 Å². The number of hydrogen-bond donors (Lipinski definition) is 0. The van der Waals surface area contributed by atoms with Gasteiger partial charge >= 0.3 is 7.15 Å². The smallest absolute Gasteiger partial charge is 0.142 e. The fraction of sp³-hybridized carbons (Fsp3) is 1.00. The summed E-state index contributed by atoms with van der Waals surface area (Å²) in [5.41, 5.74) is 0. The molecule has 0 aliphatic heterocycles. The van der Waals surface area contributed by atoms with Gasteiger partial charge in [0.2, 0.25) is 11.8 Å². The van der Waals surface area contributed by atoms with Crippen molar-refractivity contribution in [2.75, 3.05) is 13.2 Å². The van der Waals surface area contributed by atoms with E-state index in [9.17, 15) is 0 Å². The average molecular weight is 237 g/mol. The molecule has 0 aliphatic rings. The minimum atomic E-state index is -1.05. The third-order valence-electron chi connectivity index (χ3n) is 2.11. The summed E-state index contributed by atoms with van der Waals surface area (Å²) in [5, 5.41) is 0. The molecular formula is C10H22O2PS+. The molecule has 0 aromatic rings. The van der Waals surface area contributed by atoms with Crippen molar-refractivity contribution in [3.05, 3.63) is 0 Å². The van der Waals surface area contributed by atoms with Crippen molar-refractivity contribution in [2.24, 2.45) is 5.92 Å². The Bertz CT molecular complexity index is 153. The normalized spacial score (nSPS) is 14.1. The highest BCUT2D eigenvalue weighted by Gasteiger charge is 2.14. The van der Waals surface area contributed by atoms with Crippen LogP contribution in [0, 0.1) is 5.92 Å². The third kappa shape index (κ3) is 9.01. The molecule has 0 saturated heterocycles. The van der Waals surface area contributed by atoms with Crippen molar-refractivity contribution >= 4 is 19.0 Å². The Labute approximate surface area is 94.0 Å². The lowest BCUT2D eigenvalue weighted by atomic mass is 10.1. The summed E-state index contributed by atoms with van der Waals surface area (Å²) in [6, 6.07) is 0. The summed E-state index contributed by atoms with van der Waals surface area (Å²) in [6.07, 6.45) is 4.66. The van der Waals surface area contributed by atoms with Gasteiger partial charge in [-0.3, -0.25) is 0 Å². The van der Waals surface area contributed by atoms with Crippen LogP contribution < -0.4 is 0 Å². The summed E-state index contributed by atoms with van der Waals surface area (Å²) >= 11 is 5.07. The molecule has 4 heteroatoms. The predicted octanol–water partition coefficient (Wildman–Crippen LogP) is 4.03. The molecule has 0 bridgehead atoms. The SMILES string of the molecule is CCCCCO[P+](=S)OCC(C)CC. The van der Waals surface area contributed by atoms with Crippen LogP contribution in [0.1, 0.15) is 46.5 Å². The van der Waals surface area contributed by atoms with E-state index in [-0.39, 0.29) is 0 Å². The maximum Gasteiger partial charge on any atom is 0.521 e. The largest absolute Gasteiger partial charge is 0.521 e. The van der Waals surface area contributed by atoms with Gasteiger partial charge in [0.1, 0.15) is 13.2 Å². The summed E-state index contributed by atoms with van der Waals surface area (Å²) in [5.74, 6) is 0.585. The molecule has 0 aromatic carbocycles. The van der Waals surface area contributed by atoms with Gasteiger partial charge in [0.05, 0.1) is 0 Å². The van der Waals surface area contributed by atoms with Gasteiger partial charge in [-0.15, -0.1) is 9.05 Å². The molecule has 14 heavy (non-hydrogen) atoms. The number of hydrogen-bond acceptors (Lipinski definition) is 3. The monoisotopic (exact) mass is 237 g/mol. The van der Waals surface area contributed by atoms with Crippen LogP contribution >= 0.6 is 7.15 Å². The standard InChI is InChI=1S/C10H22O2PS/c1-4-6-7-8-11-13(14)12-9-10(3)5-2/h10H,4-9H2,1-3H3/q+1.